The van der Waals surface area contributed by atoms with Crippen molar-refractivity contribution in [2.45, 2.75) is 0 Å². The number of hydrogen-bond acceptors (Lipinski definition) is 8. The fourth-order valence-corrected chi connectivity index (χ4v) is 1.77. The Kier molecular flexibility index (Phi) is 6.56. The second-order valence-electron chi connectivity index (χ2n) is 3.31. The minimum Gasteiger partial charge on any atom is -0.476 e. The number of amides is 1. The largest absolute Gasteiger partial charge is 0.476 e. The lowest BCUT2D eigenvalue weighted by atomic mass is 10.3. The van der Waals surface area contributed by atoms with E-state index < -0.39 is 30.2 Å². The smallest absolute Gasteiger partial charge is 0.360 e. The molecule has 0 radical (unpaired) electrons. The fourth-order valence-electron chi connectivity index (χ4n) is 0.996. The summed E-state index contributed by atoms with van der Waals surface area (Å²) in [6.45, 7) is -0.534. The molecule has 0 atom stereocenters. The molecule has 1 heterocycles. The van der Waals surface area contributed by atoms with Crippen molar-refractivity contribution in [3.05, 3.63) is 11.1 Å². The molecule has 2 N–H and O–H groups in total. The van der Waals surface area contributed by atoms with Gasteiger partial charge in [0.1, 0.15) is 11.6 Å². The van der Waals surface area contributed by atoms with Crippen LogP contribution in [0.15, 0.2) is 10.5 Å². The maximum Gasteiger partial charge on any atom is 0.360 e. The molecule has 114 valence electrons. The zero-order valence-corrected chi connectivity index (χ0v) is 12.2. The summed E-state index contributed by atoms with van der Waals surface area (Å²) < 4.78 is 4.30. The molecule has 9 nitrogen and oxygen atoms in total. The molecule has 0 aliphatic heterocycles. The maximum absolute atomic E-state index is 11.1. The molecule has 11 heteroatoms. The van der Waals surface area contributed by atoms with E-state index in [0.29, 0.717) is 0 Å². The lowest BCUT2D eigenvalue weighted by molar-refractivity contribution is -0.146. The Morgan fingerprint density at radius 1 is 1.52 bits per heavy atom. The van der Waals surface area contributed by atoms with Crippen molar-refractivity contribution in [1.82, 2.24) is 4.98 Å². The van der Waals surface area contributed by atoms with Gasteiger partial charge in [-0.1, -0.05) is 5.16 Å². The van der Waals surface area contributed by atoms with Gasteiger partial charge in [-0.3, -0.25) is 4.79 Å². The summed E-state index contributed by atoms with van der Waals surface area (Å²) in [6.07, 6.45) is 0. The number of nitrogens with zero attached hydrogens (tertiary/aromatic N) is 2. The van der Waals surface area contributed by atoms with Gasteiger partial charge in [0.15, 0.2) is 5.13 Å². The van der Waals surface area contributed by atoms with Crippen molar-refractivity contribution in [1.29, 1.82) is 0 Å². The lowest BCUT2D eigenvalue weighted by Crippen LogP contribution is -2.18. The highest BCUT2D eigenvalue weighted by molar-refractivity contribution is 7.14. The highest BCUT2D eigenvalue weighted by Crippen LogP contribution is 2.16. The molecule has 21 heavy (non-hydrogen) atoms. The normalized spacial score (nSPS) is 10.9. The first kappa shape index (κ1) is 16.9. The molecule has 0 spiro atoms. The van der Waals surface area contributed by atoms with Crippen LogP contribution in [-0.4, -0.2) is 53.2 Å². The molecule has 0 aliphatic rings. The standard InChI is InChI=1S/C10H10ClN3O6S/c1-19-7(16)3-20-14-8(9(17)18)5-4-21-10(12-5)13-6(15)2-11/h4H,2-3H2,1H3,(H,17,18)(H,12,13,15)/b14-8+. The molecule has 1 aromatic heterocycles. The predicted octanol–water partition coefficient (Wildman–Crippen LogP) is 0.299. The summed E-state index contributed by atoms with van der Waals surface area (Å²) in [5, 5.41) is 16.2. The third kappa shape index (κ3) is 5.36. The van der Waals surface area contributed by atoms with E-state index in [1.807, 2.05) is 0 Å². The number of halogens is 1. The molecule has 1 amide bonds. The number of thiazole rings is 1. The number of nitrogens with one attached hydrogen (secondary N) is 1. The van der Waals surface area contributed by atoms with Gasteiger partial charge in [0.25, 0.3) is 0 Å². The van der Waals surface area contributed by atoms with E-state index in [2.05, 4.69) is 25.0 Å². The molecule has 1 rings (SSSR count). The summed E-state index contributed by atoms with van der Waals surface area (Å²) in [5.74, 6) is -2.85. The van der Waals surface area contributed by atoms with Crippen LogP contribution >= 0.6 is 22.9 Å². The van der Waals surface area contributed by atoms with E-state index >= 15 is 0 Å². The highest BCUT2D eigenvalue weighted by atomic mass is 35.5. The Bertz CT molecular complexity index is 573. The number of alkyl halides is 1. The molecule has 0 saturated heterocycles. The number of oxime groups is 1. The lowest BCUT2D eigenvalue weighted by Gasteiger charge is -2.00. The molecular formula is C10H10ClN3O6S. The SMILES string of the molecule is COC(=O)CO/N=C(/C(=O)O)c1csc(NC(=O)CCl)n1. The third-order valence-electron chi connectivity index (χ3n) is 1.88. The van der Waals surface area contributed by atoms with Gasteiger partial charge in [-0.05, 0) is 0 Å². The Hall–Kier alpha value is -2.20. The first-order valence-corrected chi connectivity index (χ1v) is 6.71. The van der Waals surface area contributed by atoms with Gasteiger partial charge in [-0.25, -0.2) is 14.6 Å². The summed E-state index contributed by atoms with van der Waals surface area (Å²) >= 11 is 6.31. The van der Waals surface area contributed by atoms with Crippen LogP contribution in [0, 0.1) is 0 Å². The molecule has 0 aliphatic carbocycles. The Morgan fingerprint density at radius 3 is 2.81 bits per heavy atom. The minimum atomic E-state index is -1.40. The van der Waals surface area contributed by atoms with Crippen molar-refractivity contribution < 1.29 is 29.1 Å². The van der Waals surface area contributed by atoms with Crippen molar-refractivity contribution >= 4 is 51.6 Å². The molecule has 1 aromatic rings. The van der Waals surface area contributed by atoms with Crippen molar-refractivity contribution in [3.63, 3.8) is 0 Å². The topological polar surface area (TPSA) is 127 Å². The van der Waals surface area contributed by atoms with Gasteiger partial charge in [0.2, 0.25) is 18.2 Å². The van der Waals surface area contributed by atoms with Crippen LogP contribution in [0.3, 0.4) is 0 Å². The van der Waals surface area contributed by atoms with Crippen LogP contribution in [0.4, 0.5) is 5.13 Å². The first-order valence-electron chi connectivity index (χ1n) is 5.29. The van der Waals surface area contributed by atoms with E-state index in [1.165, 1.54) is 5.38 Å². The van der Waals surface area contributed by atoms with Crippen LogP contribution in [0.1, 0.15) is 5.69 Å². The van der Waals surface area contributed by atoms with Crippen LogP contribution in [0.2, 0.25) is 0 Å². The molecule has 0 aromatic carbocycles. The number of esters is 1. The van der Waals surface area contributed by atoms with Crippen LogP contribution in [0.5, 0.6) is 0 Å². The van der Waals surface area contributed by atoms with Crippen LogP contribution in [0.25, 0.3) is 0 Å². The quantitative estimate of drug-likeness (QED) is 0.317. The van der Waals surface area contributed by atoms with Crippen molar-refractivity contribution in [3.8, 4) is 0 Å². The van der Waals surface area contributed by atoms with Gasteiger partial charge in [0.05, 0.1) is 7.11 Å². The summed E-state index contributed by atoms with van der Waals surface area (Å²) in [4.78, 5) is 41.4. The van der Waals surface area contributed by atoms with Crippen LogP contribution in [-0.2, 0) is 24.0 Å². The van der Waals surface area contributed by atoms with E-state index in [9.17, 15) is 14.4 Å². The predicted molar refractivity (Wildman–Crippen MR) is 73.6 cm³/mol. The number of ether oxygens (including phenoxy) is 1. The number of carbonyl (C=O) groups is 3. The Labute approximate surface area is 127 Å². The number of carboxylic acids is 1. The van der Waals surface area contributed by atoms with Crippen LogP contribution < -0.4 is 5.32 Å². The van der Waals surface area contributed by atoms with E-state index in [4.69, 9.17) is 16.7 Å². The molecule has 0 saturated carbocycles. The van der Waals surface area contributed by atoms with Gasteiger partial charge in [-0.15, -0.1) is 22.9 Å². The Balaban J connectivity index is 2.81. The van der Waals surface area contributed by atoms with Crippen molar-refractivity contribution in [2.75, 3.05) is 24.9 Å². The van der Waals surface area contributed by atoms with E-state index in [0.717, 1.165) is 18.4 Å². The number of aromatic nitrogens is 1. The van der Waals surface area contributed by atoms with Gasteiger partial charge in [0, 0.05) is 5.38 Å². The first-order chi connectivity index (χ1) is 9.97. The highest BCUT2D eigenvalue weighted by Gasteiger charge is 2.18. The van der Waals surface area contributed by atoms with Gasteiger partial charge < -0.3 is 20.0 Å². The molecular weight excluding hydrogens is 326 g/mol. The number of anilines is 1. The van der Waals surface area contributed by atoms with E-state index in [-0.39, 0.29) is 16.7 Å². The second kappa shape index (κ2) is 8.17. The Morgan fingerprint density at radius 2 is 2.24 bits per heavy atom. The average Bonchev–Trinajstić information content (AvgIpc) is 2.90. The number of rotatable bonds is 7. The van der Waals surface area contributed by atoms with Gasteiger partial charge in [-0.2, -0.15) is 0 Å². The molecule has 0 fully saturated rings. The number of carbonyl (C=O) groups excluding carboxylic acids is 2. The van der Waals surface area contributed by atoms with E-state index in [1.54, 1.807) is 0 Å². The zero-order valence-electron chi connectivity index (χ0n) is 10.7. The maximum atomic E-state index is 11.1. The minimum absolute atomic E-state index is 0.0257. The number of hydrogen-bond donors (Lipinski definition) is 2. The molecule has 0 unspecified atom stereocenters. The third-order valence-corrected chi connectivity index (χ3v) is 2.88. The monoisotopic (exact) mass is 335 g/mol. The molecule has 0 bridgehead atoms. The average molecular weight is 336 g/mol. The van der Waals surface area contributed by atoms with Gasteiger partial charge >= 0.3 is 11.9 Å². The van der Waals surface area contributed by atoms with Crippen molar-refractivity contribution in [2.24, 2.45) is 5.16 Å². The summed E-state index contributed by atoms with van der Waals surface area (Å²) in [7, 11) is 1.15. The summed E-state index contributed by atoms with van der Waals surface area (Å²) in [6, 6.07) is 0. The number of carboxylic acid groups (broad SMARTS) is 1. The fraction of sp³-hybridized carbons (Fsp3) is 0.300. The number of methoxy groups -OCH3 is 1. The second-order valence-corrected chi connectivity index (χ2v) is 4.44. The summed E-state index contributed by atoms with van der Waals surface area (Å²) in [5.41, 5.74) is -0.538. The zero-order chi connectivity index (χ0) is 15.8. The number of aliphatic carboxylic acids is 1.